The van der Waals surface area contributed by atoms with E-state index in [-0.39, 0.29) is 5.92 Å². The number of carboxylic acids is 1. The number of nitrogens with one attached hydrogen (secondary N) is 1. The maximum absolute atomic E-state index is 13.8. The van der Waals surface area contributed by atoms with Gasteiger partial charge in [-0.2, -0.15) is 0 Å². The summed E-state index contributed by atoms with van der Waals surface area (Å²) in [5, 5.41) is 11.3. The van der Waals surface area contributed by atoms with Crippen LogP contribution in [0.15, 0.2) is 30.4 Å². The Bertz CT molecular complexity index is 558. The first-order valence-electron chi connectivity index (χ1n) is 6.60. The van der Waals surface area contributed by atoms with E-state index < -0.39 is 41.5 Å². The molecular formula is C15H15F2NO3. The van der Waals surface area contributed by atoms with E-state index in [0.717, 1.165) is 12.1 Å². The highest BCUT2D eigenvalue weighted by atomic mass is 19.1. The van der Waals surface area contributed by atoms with Crippen LogP contribution in [0.1, 0.15) is 30.9 Å². The second kappa shape index (κ2) is 6.47. The van der Waals surface area contributed by atoms with Crippen LogP contribution in [-0.4, -0.2) is 17.0 Å². The SMILES string of the molecule is O=C(O)CC(NC(=O)C1CC=CC1)c1c(F)cccc1F. The van der Waals surface area contributed by atoms with Gasteiger partial charge in [-0.05, 0) is 25.0 Å². The highest BCUT2D eigenvalue weighted by Crippen LogP contribution is 2.25. The first-order valence-corrected chi connectivity index (χ1v) is 6.60. The highest BCUT2D eigenvalue weighted by molar-refractivity contribution is 5.80. The largest absolute Gasteiger partial charge is 0.481 e. The molecule has 0 fully saturated rings. The van der Waals surface area contributed by atoms with Crippen LogP contribution in [-0.2, 0) is 9.59 Å². The quantitative estimate of drug-likeness (QED) is 0.820. The van der Waals surface area contributed by atoms with Crippen LogP contribution in [0, 0.1) is 17.6 Å². The van der Waals surface area contributed by atoms with Gasteiger partial charge in [-0.25, -0.2) is 8.78 Å². The van der Waals surface area contributed by atoms with Gasteiger partial charge in [0.15, 0.2) is 0 Å². The molecule has 1 amide bonds. The molecule has 1 aliphatic carbocycles. The maximum atomic E-state index is 13.8. The Morgan fingerprint density at radius 2 is 1.81 bits per heavy atom. The zero-order valence-corrected chi connectivity index (χ0v) is 11.2. The number of carbonyl (C=O) groups is 2. The molecule has 0 saturated heterocycles. The monoisotopic (exact) mass is 295 g/mol. The second-order valence-corrected chi connectivity index (χ2v) is 4.93. The van der Waals surface area contributed by atoms with Crippen molar-refractivity contribution < 1.29 is 23.5 Å². The number of carbonyl (C=O) groups excluding carboxylic acids is 1. The molecule has 1 aromatic rings. The summed E-state index contributed by atoms with van der Waals surface area (Å²) in [7, 11) is 0. The molecule has 0 radical (unpaired) electrons. The number of hydrogen-bond acceptors (Lipinski definition) is 2. The molecule has 112 valence electrons. The van der Waals surface area contributed by atoms with Crippen molar-refractivity contribution in [2.75, 3.05) is 0 Å². The van der Waals surface area contributed by atoms with Crippen molar-refractivity contribution >= 4 is 11.9 Å². The first kappa shape index (κ1) is 15.2. The van der Waals surface area contributed by atoms with Gasteiger partial charge in [-0.3, -0.25) is 9.59 Å². The topological polar surface area (TPSA) is 66.4 Å². The van der Waals surface area contributed by atoms with Crippen LogP contribution in [0.2, 0.25) is 0 Å². The van der Waals surface area contributed by atoms with E-state index in [4.69, 9.17) is 5.11 Å². The molecule has 1 unspecified atom stereocenters. The van der Waals surface area contributed by atoms with Crippen molar-refractivity contribution in [2.24, 2.45) is 5.92 Å². The average Bonchev–Trinajstić information content (AvgIpc) is 2.91. The lowest BCUT2D eigenvalue weighted by Gasteiger charge is -2.20. The first-order chi connectivity index (χ1) is 9.99. The summed E-state index contributed by atoms with van der Waals surface area (Å²) in [6, 6.07) is 2.04. The Labute approximate surface area is 120 Å². The van der Waals surface area contributed by atoms with Gasteiger partial charge in [0, 0.05) is 11.5 Å². The summed E-state index contributed by atoms with van der Waals surface area (Å²) >= 11 is 0. The predicted octanol–water partition coefficient (Wildman–Crippen LogP) is 2.56. The minimum atomic E-state index is -1.24. The van der Waals surface area contributed by atoms with E-state index in [9.17, 15) is 18.4 Å². The number of hydrogen-bond donors (Lipinski definition) is 2. The fourth-order valence-electron chi connectivity index (χ4n) is 2.36. The lowest BCUT2D eigenvalue weighted by Crippen LogP contribution is -2.35. The highest BCUT2D eigenvalue weighted by Gasteiger charge is 2.27. The smallest absolute Gasteiger partial charge is 0.305 e. The predicted molar refractivity (Wildman–Crippen MR) is 71.4 cm³/mol. The lowest BCUT2D eigenvalue weighted by molar-refractivity contribution is -0.138. The Morgan fingerprint density at radius 1 is 1.24 bits per heavy atom. The van der Waals surface area contributed by atoms with Crippen LogP contribution >= 0.6 is 0 Å². The molecule has 21 heavy (non-hydrogen) atoms. The van der Waals surface area contributed by atoms with Crippen molar-refractivity contribution in [3.8, 4) is 0 Å². The van der Waals surface area contributed by atoms with Gasteiger partial charge in [-0.1, -0.05) is 18.2 Å². The molecular weight excluding hydrogens is 280 g/mol. The Hall–Kier alpha value is -2.24. The molecule has 2 rings (SSSR count). The number of allylic oxidation sites excluding steroid dienone is 2. The summed E-state index contributed by atoms with van der Waals surface area (Å²) in [6.45, 7) is 0. The zero-order valence-electron chi connectivity index (χ0n) is 11.2. The lowest BCUT2D eigenvalue weighted by atomic mass is 10.00. The van der Waals surface area contributed by atoms with Crippen LogP contribution in [0.4, 0.5) is 8.78 Å². The fraction of sp³-hybridized carbons (Fsp3) is 0.333. The van der Waals surface area contributed by atoms with Gasteiger partial charge in [-0.15, -0.1) is 0 Å². The van der Waals surface area contributed by atoms with E-state index in [2.05, 4.69) is 5.32 Å². The Morgan fingerprint density at radius 3 is 2.33 bits per heavy atom. The minimum absolute atomic E-state index is 0.309. The molecule has 1 aromatic carbocycles. The minimum Gasteiger partial charge on any atom is -0.481 e. The summed E-state index contributed by atoms with van der Waals surface area (Å²) < 4.78 is 27.6. The number of aliphatic carboxylic acids is 1. The van der Waals surface area contributed by atoms with Gasteiger partial charge >= 0.3 is 5.97 Å². The summed E-state index contributed by atoms with van der Waals surface area (Å²) in [5.41, 5.74) is -0.417. The van der Waals surface area contributed by atoms with Crippen molar-refractivity contribution in [3.63, 3.8) is 0 Å². The van der Waals surface area contributed by atoms with Gasteiger partial charge in [0.25, 0.3) is 0 Å². The van der Waals surface area contributed by atoms with Crippen LogP contribution in [0.25, 0.3) is 0 Å². The number of benzene rings is 1. The maximum Gasteiger partial charge on any atom is 0.305 e. The summed E-state index contributed by atoms with van der Waals surface area (Å²) in [4.78, 5) is 22.9. The van der Waals surface area contributed by atoms with Crippen molar-refractivity contribution in [2.45, 2.75) is 25.3 Å². The number of rotatable bonds is 5. The van der Waals surface area contributed by atoms with Crippen molar-refractivity contribution in [3.05, 3.63) is 47.5 Å². The third-order valence-electron chi connectivity index (χ3n) is 3.42. The van der Waals surface area contributed by atoms with E-state index >= 15 is 0 Å². The van der Waals surface area contributed by atoms with Crippen LogP contribution in [0.3, 0.4) is 0 Å². The van der Waals surface area contributed by atoms with Crippen LogP contribution < -0.4 is 5.32 Å². The van der Waals surface area contributed by atoms with Gasteiger partial charge in [0.2, 0.25) is 5.91 Å². The zero-order chi connectivity index (χ0) is 15.4. The van der Waals surface area contributed by atoms with E-state index in [1.807, 2.05) is 12.2 Å². The average molecular weight is 295 g/mol. The van der Waals surface area contributed by atoms with Gasteiger partial charge in [0.05, 0.1) is 12.5 Å². The van der Waals surface area contributed by atoms with Crippen molar-refractivity contribution in [1.82, 2.24) is 5.32 Å². The van der Waals surface area contributed by atoms with Crippen molar-refractivity contribution in [1.29, 1.82) is 0 Å². The number of halogens is 2. The Balaban J connectivity index is 2.21. The van der Waals surface area contributed by atoms with E-state index in [1.54, 1.807) is 0 Å². The molecule has 0 aromatic heterocycles. The van der Waals surface area contributed by atoms with Gasteiger partial charge in [0.1, 0.15) is 11.6 Å². The summed E-state index contributed by atoms with van der Waals surface area (Å²) in [5.74, 6) is -3.69. The summed E-state index contributed by atoms with van der Waals surface area (Å²) in [6.07, 6.45) is 4.21. The molecule has 1 aliphatic rings. The molecule has 0 heterocycles. The standard InChI is InChI=1S/C15H15F2NO3/c16-10-6-3-7-11(17)14(10)12(8-13(19)20)18-15(21)9-4-1-2-5-9/h1-3,6-7,9,12H,4-5,8H2,(H,18,21)(H,19,20). The van der Waals surface area contributed by atoms with E-state index in [1.165, 1.54) is 6.07 Å². The molecule has 2 N–H and O–H groups in total. The number of carboxylic acid groups (broad SMARTS) is 1. The Kier molecular flexibility index (Phi) is 4.67. The molecule has 6 heteroatoms. The third-order valence-corrected chi connectivity index (χ3v) is 3.42. The fourth-order valence-corrected chi connectivity index (χ4v) is 2.36. The molecule has 0 spiro atoms. The molecule has 1 atom stereocenters. The second-order valence-electron chi connectivity index (χ2n) is 4.93. The number of amides is 1. The van der Waals surface area contributed by atoms with Gasteiger partial charge < -0.3 is 10.4 Å². The molecule has 0 aliphatic heterocycles. The molecule has 4 nitrogen and oxygen atoms in total. The normalized spacial score (nSPS) is 15.9. The third kappa shape index (κ3) is 3.65. The van der Waals surface area contributed by atoms with Crippen LogP contribution in [0.5, 0.6) is 0 Å². The molecule has 0 saturated carbocycles. The van der Waals surface area contributed by atoms with E-state index in [0.29, 0.717) is 12.8 Å². The molecule has 0 bridgehead atoms.